The number of hydrogen-bond acceptors (Lipinski definition) is 5. The minimum absolute atomic E-state index is 0.0442. The SMILES string of the molecule is CC(C)=C1C2CCC1C(C(=O)Nc1sccc1C(=O)NCc1ccco1)C2C(=O)O. The summed E-state index contributed by atoms with van der Waals surface area (Å²) in [6, 6.07) is 5.15. The molecule has 2 aliphatic rings. The number of anilines is 1. The van der Waals surface area contributed by atoms with Crippen LogP contribution in [0.5, 0.6) is 0 Å². The second-order valence-electron chi connectivity index (χ2n) is 8.05. The lowest BCUT2D eigenvalue weighted by molar-refractivity contribution is -0.148. The summed E-state index contributed by atoms with van der Waals surface area (Å²) < 4.78 is 5.21. The Kier molecular flexibility index (Phi) is 5.51. The van der Waals surface area contributed by atoms with Crippen LogP contribution in [-0.2, 0) is 16.1 Å². The van der Waals surface area contributed by atoms with Gasteiger partial charge in [-0.15, -0.1) is 11.3 Å². The first-order valence-corrected chi connectivity index (χ1v) is 10.9. The molecule has 2 saturated carbocycles. The maximum Gasteiger partial charge on any atom is 0.307 e. The van der Waals surface area contributed by atoms with Crippen molar-refractivity contribution in [2.75, 3.05) is 5.32 Å². The summed E-state index contributed by atoms with van der Waals surface area (Å²) in [6.45, 7) is 4.22. The molecule has 4 atom stereocenters. The maximum absolute atomic E-state index is 13.2. The third kappa shape index (κ3) is 3.56. The van der Waals surface area contributed by atoms with Crippen LogP contribution in [0, 0.1) is 23.7 Å². The van der Waals surface area contributed by atoms with Crippen molar-refractivity contribution in [3.63, 3.8) is 0 Å². The number of furan rings is 1. The van der Waals surface area contributed by atoms with Crippen LogP contribution >= 0.6 is 11.3 Å². The highest BCUT2D eigenvalue weighted by Gasteiger charge is 2.57. The van der Waals surface area contributed by atoms with E-state index in [0.717, 1.165) is 24.0 Å². The van der Waals surface area contributed by atoms with Crippen LogP contribution in [0.15, 0.2) is 45.4 Å². The number of fused-ring (bicyclic) bond motifs is 2. The molecule has 4 rings (SSSR count). The Labute approximate surface area is 178 Å². The zero-order valence-electron chi connectivity index (χ0n) is 16.8. The summed E-state index contributed by atoms with van der Waals surface area (Å²) in [5.74, 6) is -2.40. The summed E-state index contributed by atoms with van der Waals surface area (Å²) in [7, 11) is 0. The van der Waals surface area contributed by atoms with Gasteiger partial charge < -0.3 is 20.2 Å². The number of rotatable bonds is 6. The zero-order valence-corrected chi connectivity index (χ0v) is 17.6. The molecule has 158 valence electrons. The summed E-state index contributed by atoms with van der Waals surface area (Å²) in [5, 5.41) is 17.6. The van der Waals surface area contributed by atoms with Crippen molar-refractivity contribution in [1.82, 2.24) is 5.32 Å². The molecule has 2 amide bonds. The molecule has 3 N–H and O–H groups in total. The first kappa shape index (κ1) is 20.4. The molecule has 2 fully saturated rings. The number of carboxylic acids is 1. The summed E-state index contributed by atoms with van der Waals surface area (Å²) in [4.78, 5) is 37.7. The number of nitrogens with one attached hydrogen (secondary N) is 2. The molecule has 2 aromatic heterocycles. The molecule has 0 saturated heterocycles. The highest BCUT2D eigenvalue weighted by molar-refractivity contribution is 7.14. The predicted molar refractivity (Wildman–Crippen MR) is 112 cm³/mol. The molecule has 2 heterocycles. The van der Waals surface area contributed by atoms with Crippen LogP contribution in [-0.4, -0.2) is 22.9 Å². The first-order valence-electron chi connectivity index (χ1n) is 9.97. The van der Waals surface area contributed by atoms with Crippen LogP contribution in [0.4, 0.5) is 5.00 Å². The third-order valence-corrected chi connectivity index (χ3v) is 6.99. The standard InChI is InChI=1S/C22H24N2O5S/c1-11(2)16-13-5-6-14(16)18(22(27)28)17(13)20(26)24-21-15(7-9-30-21)19(25)23-10-12-4-3-8-29-12/h3-4,7-9,13-14,17-18H,5-6,10H2,1-2H3,(H,23,25)(H,24,26)(H,27,28). The minimum atomic E-state index is -0.927. The number of carboxylic acid groups (broad SMARTS) is 1. The van der Waals surface area contributed by atoms with Gasteiger partial charge in [0.05, 0.1) is 30.2 Å². The van der Waals surface area contributed by atoms with E-state index in [1.54, 1.807) is 23.6 Å². The normalized spacial score (nSPS) is 24.7. The molecule has 8 heteroatoms. The van der Waals surface area contributed by atoms with Crippen LogP contribution in [0.1, 0.15) is 42.8 Å². The number of hydrogen-bond donors (Lipinski definition) is 3. The van der Waals surface area contributed by atoms with E-state index in [1.165, 1.54) is 17.6 Å². The summed E-state index contributed by atoms with van der Waals surface area (Å²) in [5.41, 5.74) is 2.60. The number of aliphatic carboxylic acids is 1. The molecule has 2 aromatic rings. The van der Waals surface area contributed by atoms with E-state index >= 15 is 0 Å². The van der Waals surface area contributed by atoms with Crippen molar-refractivity contribution >= 4 is 34.1 Å². The Balaban J connectivity index is 1.51. The highest BCUT2D eigenvalue weighted by Crippen LogP contribution is 2.57. The van der Waals surface area contributed by atoms with Gasteiger partial charge in [0.2, 0.25) is 5.91 Å². The average molecular weight is 429 g/mol. The minimum Gasteiger partial charge on any atom is -0.481 e. The molecular weight excluding hydrogens is 404 g/mol. The number of carbonyl (C=O) groups is 3. The highest BCUT2D eigenvalue weighted by atomic mass is 32.1. The fourth-order valence-electron chi connectivity index (χ4n) is 5.06. The van der Waals surface area contributed by atoms with E-state index in [0.29, 0.717) is 16.3 Å². The van der Waals surface area contributed by atoms with E-state index in [9.17, 15) is 19.5 Å². The van der Waals surface area contributed by atoms with Gasteiger partial charge >= 0.3 is 5.97 Å². The molecule has 0 radical (unpaired) electrons. The van der Waals surface area contributed by atoms with Gasteiger partial charge in [-0.05, 0) is 62.1 Å². The van der Waals surface area contributed by atoms with Crippen molar-refractivity contribution in [3.05, 3.63) is 52.3 Å². The monoisotopic (exact) mass is 428 g/mol. The van der Waals surface area contributed by atoms with Crippen LogP contribution in [0.3, 0.4) is 0 Å². The smallest absolute Gasteiger partial charge is 0.307 e. The van der Waals surface area contributed by atoms with Gasteiger partial charge in [-0.25, -0.2) is 0 Å². The van der Waals surface area contributed by atoms with Crippen LogP contribution in [0.2, 0.25) is 0 Å². The zero-order chi connectivity index (χ0) is 21.4. The van der Waals surface area contributed by atoms with Crippen molar-refractivity contribution in [2.24, 2.45) is 23.7 Å². The van der Waals surface area contributed by atoms with E-state index in [-0.39, 0.29) is 30.2 Å². The predicted octanol–water partition coefficient (Wildman–Crippen LogP) is 3.90. The molecule has 4 unspecified atom stereocenters. The van der Waals surface area contributed by atoms with Gasteiger partial charge in [0.15, 0.2) is 0 Å². The van der Waals surface area contributed by atoms with Crippen LogP contribution < -0.4 is 10.6 Å². The Morgan fingerprint density at radius 3 is 2.53 bits per heavy atom. The number of allylic oxidation sites excluding steroid dienone is 2. The van der Waals surface area contributed by atoms with Gasteiger partial charge in [-0.2, -0.15) is 0 Å². The van der Waals surface area contributed by atoms with Gasteiger partial charge in [0.1, 0.15) is 10.8 Å². The molecule has 0 spiro atoms. The second kappa shape index (κ2) is 8.10. The van der Waals surface area contributed by atoms with Gasteiger partial charge in [0, 0.05) is 0 Å². The molecule has 2 aliphatic carbocycles. The Morgan fingerprint density at radius 2 is 1.90 bits per heavy atom. The largest absolute Gasteiger partial charge is 0.481 e. The Morgan fingerprint density at radius 1 is 1.17 bits per heavy atom. The molecule has 0 aromatic carbocycles. The lowest BCUT2D eigenvalue weighted by Crippen LogP contribution is -2.38. The molecule has 7 nitrogen and oxygen atoms in total. The maximum atomic E-state index is 13.2. The van der Waals surface area contributed by atoms with Crippen molar-refractivity contribution in [1.29, 1.82) is 0 Å². The average Bonchev–Trinajstić information content (AvgIpc) is 3.48. The van der Waals surface area contributed by atoms with E-state index in [4.69, 9.17) is 4.42 Å². The fraction of sp³-hybridized carbons (Fsp3) is 0.409. The Hall–Kier alpha value is -2.87. The van der Waals surface area contributed by atoms with Crippen molar-refractivity contribution < 1.29 is 23.9 Å². The fourth-order valence-corrected chi connectivity index (χ4v) is 5.85. The topological polar surface area (TPSA) is 109 Å². The number of amides is 2. The molecule has 2 bridgehead atoms. The van der Waals surface area contributed by atoms with Gasteiger partial charge in [-0.1, -0.05) is 11.1 Å². The molecule has 0 aliphatic heterocycles. The number of thiophene rings is 1. The van der Waals surface area contributed by atoms with E-state index < -0.39 is 17.8 Å². The summed E-state index contributed by atoms with van der Waals surface area (Å²) >= 11 is 1.25. The summed E-state index contributed by atoms with van der Waals surface area (Å²) in [6.07, 6.45) is 3.17. The lowest BCUT2D eigenvalue weighted by Gasteiger charge is -2.26. The molecular formula is C22H24N2O5S. The van der Waals surface area contributed by atoms with Gasteiger partial charge in [0.25, 0.3) is 5.91 Å². The molecule has 30 heavy (non-hydrogen) atoms. The lowest BCUT2D eigenvalue weighted by atomic mass is 9.79. The van der Waals surface area contributed by atoms with E-state index in [2.05, 4.69) is 10.6 Å². The van der Waals surface area contributed by atoms with E-state index in [1.807, 2.05) is 13.8 Å². The van der Waals surface area contributed by atoms with Crippen molar-refractivity contribution in [3.8, 4) is 0 Å². The first-order chi connectivity index (χ1) is 14.4. The van der Waals surface area contributed by atoms with Crippen LogP contribution in [0.25, 0.3) is 0 Å². The second-order valence-corrected chi connectivity index (χ2v) is 8.97. The quantitative estimate of drug-likeness (QED) is 0.605. The van der Waals surface area contributed by atoms with Gasteiger partial charge in [-0.3, -0.25) is 14.4 Å². The van der Waals surface area contributed by atoms with Crippen molar-refractivity contribution in [2.45, 2.75) is 33.2 Å². The number of carbonyl (C=O) groups excluding carboxylic acids is 2. The third-order valence-electron chi connectivity index (χ3n) is 6.16. The Bertz CT molecular complexity index is 1000.